The Morgan fingerprint density at radius 1 is 1.25 bits per heavy atom. The standard InChI is InChI=1S/C10H15NO/c11-10(8-12)7-6-9-4-2-1-3-5-9/h1-5,10,12H,6-8,11H2/t10-/m0/s1. The van der Waals surface area contributed by atoms with E-state index in [-0.39, 0.29) is 12.6 Å². The van der Waals surface area contributed by atoms with E-state index in [0.29, 0.717) is 0 Å². The highest BCUT2D eigenvalue weighted by atomic mass is 16.3. The van der Waals surface area contributed by atoms with E-state index >= 15 is 0 Å². The first-order chi connectivity index (χ1) is 5.83. The summed E-state index contributed by atoms with van der Waals surface area (Å²) in [6.45, 7) is 0.0762. The molecule has 0 fully saturated rings. The summed E-state index contributed by atoms with van der Waals surface area (Å²) in [7, 11) is 0. The van der Waals surface area contributed by atoms with Crippen molar-refractivity contribution in [2.24, 2.45) is 5.73 Å². The average Bonchev–Trinajstić information content (AvgIpc) is 2.16. The molecule has 0 bridgehead atoms. The molecule has 0 aliphatic carbocycles. The molecular formula is C10H15NO. The lowest BCUT2D eigenvalue weighted by molar-refractivity contribution is 0.260. The van der Waals surface area contributed by atoms with Crippen LogP contribution in [0.2, 0.25) is 0 Å². The van der Waals surface area contributed by atoms with Crippen molar-refractivity contribution in [2.45, 2.75) is 18.9 Å². The second-order valence-electron chi connectivity index (χ2n) is 2.97. The Labute approximate surface area is 73.0 Å². The second kappa shape index (κ2) is 4.91. The van der Waals surface area contributed by atoms with Gasteiger partial charge >= 0.3 is 0 Å². The summed E-state index contributed by atoms with van der Waals surface area (Å²) in [5.74, 6) is 0. The number of rotatable bonds is 4. The Morgan fingerprint density at radius 2 is 1.92 bits per heavy atom. The molecule has 66 valence electrons. The number of hydrogen-bond donors (Lipinski definition) is 2. The lowest BCUT2D eigenvalue weighted by atomic mass is 10.1. The van der Waals surface area contributed by atoms with E-state index in [9.17, 15) is 0 Å². The van der Waals surface area contributed by atoms with Crippen molar-refractivity contribution in [3.63, 3.8) is 0 Å². The van der Waals surface area contributed by atoms with E-state index < -0.39 is 0 Å². The van der Waals surface area contributed by atoms with Gasteiger partial charge in [0.15, 0.2) is 0 Å². The van der Waals surface area contributed by atoms with Gasteiger partial charge in [-0.05, 0) is 18.4 Å². The maximum absolute atomic E-state index is 8.69. The van der Waals surface area contributed by atoms with Gasteiger partial charge in [-0.3, -0.25) is 0 Å². The number of hydrogen-bond acceptors (Lipinski definition) is 2. The molecule has 0 saturated carbocycles. The fourth-order valence-electron chi connectivity index (χ4n) is 1.09. The van der Waals surface area contributed by atoms with Gasteiger partial charge in [0.1, 0.15) is 0 Å². The number of aliphatic hydroxyl groups is 1. The van der Waals surface area contributed by atoms with Gasteiger partial charge in [0, 0.05) is 6.04 Å². The van der Waals surface area contributed by atoms with E-state index in [0.717, 1.165) is 12.8 Å². The molecule has 0 radical (unpaired) electrons. The molecule has 0 unspecified atom stereocenters. The van der Waals surface area contributed by atoms with Crippen LogP contribution in [0, 0.1) is 0 Å². The van der Waals surface area contributed by atoms with Crippen molar-refractivity contribution in [3.8, 4) is 0 Å². The zero-order valence-corrected chi connectivity index (χ0v) is 7.11. The molecule has 0 spiro atoms. The molecule has 0 aliphatic heterocycles. The van der Waals surface area contributed by atoms with Crippen molar-refractivity contribution in [1.82, 2.24) is 0 Å². The topological polar surface area (TPSA) is 46.2 Å². The van der Waals surface area contributed by atoms with E-state index in [1.165, 1.54) is 5.56 Å². The SMILES string of the molecule is N[C@H](CO)CCc1ccccc1. The summed E-state index contributed by atoms with van der Waals surface area (Å²) in [6, 6.07) is 10.1. The van der Waals surface area contributed by atoms with Crippen molar-refractivity contribution < 1.29 is 5.11 Å². The van der Waals surface area contributed by atoms with Gasteiger partial charge in [-0.25, -0.2) is 0 Å². The highest BCUT2D eigenvalue weighted by Gasteiger charge is 1.99. The maximum Gasteiger partial charge on any atom is 0.0582 e. The molecular weight excluding hydrogens is 150 g/mol. The molecule has 0 aliphatic rings. The Hall–Kier alpha value is -0.860. The highest BCUT2D eigenvalue weighted by molar-refractivity contribution is 5.14. The van der Waals surface area contributed by atoms with Crippen LogP contribution in [0.4, 0.5) is 0 Å². The molecule has 2 nitrogen and oxygen atoms in total. The minimum Gasteiger partial charge on any atom is -0.395 e. The van der Waals surface area contributed by atoms with Crippen LogP contribution in [0.25, 0.3) is 0 Å². The summed E-state index contributed by atoms with van der Waals surface area (Å²) >= 11 is 0. The van der Waals surface area contributed by atoms with Crippen LogP contribution in [-0.4, -0.2) is 17.8 Å². The van der Waals surface area contributed by atoms with Gasteiger partial charge in [-0.1, -0.05) is 30.3 Å². The quantitative estimate of drug-likeness (QED) is 0.697. The molecule has 12 heavy (non-hydrogen) atoms. The largest absolute Gasteiger partial charge is 0.395 e. The molecule has 1 aromatic rings. The minimum atomic E-state index is -0.0785. The molecule has 1 aromatic carbocycles. The Bertz CT molecular complexity index is 210. The average molecular weight is 165 g/mol. The van der Waals surface area contributed by atoms with E-state index in [2.05, 4.69) is 12.1 Å². The van der Waals surface area contributed by atoms with E-state index in [1.807, 2.05) is 18.2 Å². The number of aryl methyl sites for hydroxylation is 1. The first-order valence-corrected chi connectivity index (χ1v) is 4.23. The zero-order chi connectivity index (χ0) is 8.81. The van der Waals surface area contributed by atoms with Crippen LogP contribution in [0.5, 0.6) is 0 Å². The monoisotopic (exact) mass is 165 g/mol. The summed E-state index contributed by atoms with van der Waals surface area (Å²) in [5, 5.41) is 8.69. The predicted molar refractivity (Wildman–Crippen MR) is 49.8 cm³/mol. The molecule has 2 heteroatoms. The van der Waals surface area contributed by atoms with Crippen molar-refractivity contribution in [2.75, 3.05) is 6.61 Å². The summed E-state index contributed by atoms with van der Waals surface area (Å²) in [6.07, 6.45) is 1.79. The van der Waals surface area contributed by atoms with Gasteiger partial charge < -0.3 is 10.8 Å². The Morgan fingerprint density at radius 3 is 2.50 bits per heavy atom. The van der Waals surface area contributed by atoms with Crippen LogP contribution in [0.3, 0.4) is 0 Å². The third kappa shape index (κ3) is 3.03. The van der Waals surface area contributed by atoms with Crippen LogP contribution in [-0.2, 0) is 6.42 Å². The third-order valence-corrected chi connectivity index (χ3v) is 1.88. The van der Waals surface area contributed by atoms with Gasteiger partial charge in [-0.2, -0.15) is 0 Å². The van der Waals surface area contributed by atoms with Crippen LogP contribution < -0.4 is 5.73 Å². The summed E-state index contributed by atoms with van der Waals surface area (Å²) < 4.78 is 0. The zero-order valence-electron chi connectivity index (χ0n) is 7.11. The number of aliphatic hydroxyl groups excluding tert-OH is 1. The van der Waals surface area contributed by atoms with Crippen molar-refractivity contribution in [1.29, 1.82) is 0 Å². The normalized spacial score (nSPS) is 12.8. The summed E-state index contributed by atoms with van der Waals surface area (Å²) in [5.41, 5.74) is 6.85. The molecule has 1 atom stereocenters. The van der Waals surface area contributed by atoms with E-state index in [1.54, 1.807) is 0 Å². The second-order valence-corrected chi connectivity index (χ2v) is 2.97. The van der Waals surface area contributed by atoms with Crippen LogP contribution in [0.15, 0.2) is 30.3 Å². The predicted octanol–water partition coefficient (Wildman–Crippen LogP) is 0.939. The van der Waals surface area contributed by atoms with Gasteiger partial charge in [0.05, 0.1) is 6.61 Å². The van der Waals surface area contributed by atoms with Gasteiger partial charge in [0.25, 0.3) is 0 Å². The van der Waals surface area contributed by atoms with Gasteiger partial charge in [0.2, 0.25) is 0 Å². The Balaban J connectivity index is 2.33. The molecule has 0 saturated heterocycles. The highest BCUT2D eigenvalue weighted by Crippen LogP contribution is 2.03. The number of nitrogens with two attached hydrogens (primary N) is 1. The Kier molecular flexibility index (Phi) is 3.77. The fourth-order valence-corrected chi connectivity index (χ4v) is 1.09. The smallest absolute Gasteiger partial charge is 0.0582 e. The molecule has 0 heterocycles. The van der Waals surface area contributed by atoms with E-state index in [4.69, 9.17) is 10.8 Å². The maximum atomic E-state index is 8.69. The first-order valence-electron chi connectivity index (χ1n) is 4.23. The molecule has 0 amide bonds. The third-order valence-electron chi connectivity index (χ3n) is 1.88. The number of benzene rings is 1. The molecule has 1 rings (SSSR count). The molecule has 0 aromatic heterocycles. The van der Waals surface area contributed by atoms with Crippen LogP contribution >= 0.6 is 0 Å². The summed E-state index contributed by atoms with van der Waals surface area (Å²) in [4.78, 5) is 0. The van der Waals surface area contributed by atoms with Crippen LogP contribution in [0.1, 0.15) is 12.0 Å². The minimum absolute atomic E-state index is 0.0762. The lowest BCUT2D eigenvalue weighted by Gasteiger charge is -2.06. The van der Waals surface area contributed by atoms with Gasteiger partial charge in [-0.15, -0.1) is 0 Å². The first kappa shape index (κ1) is 9.23. The van der Waals surface area contributed by atoms with Crippen molar-refractivity contribution in [3.05, 3.63) is 35.9 Å². The lowest BCUT2D eigenvalue weighted by Crippen LogP contribution is -2.24. The fraction of sp³-hybridized carbons (Fsp3) is 0.400. The molecule has 3 N–H and O–H groups in total. The van der Waals surface area contributed by atoms with Crippen molar-refractivity contribution >= 4 is 0 Å².